The molecule has 0 saturated carbocycles. The van der Waals surface area contributed by atoms with Crippen LogP contribution >= 0.6 is 27.3 Å². The smallest absolute Gasteiger partial charge is 0.183 e. The lowest BCUT2D eigenvalue weighted by Crippen LogP contribution is -2.20. The van der Waals surface area contributed by atoms with Crippen molar-refractivity contribution in [2.75, 3.05) is 18.1 Å². The van der Waals surface area contributed by atoms with Crippen LogP contribution in [0.3, 0.4) is 0 Å². The van der Waals surface area contributed by atoms with Crippen molar-refractivity contribution >= 4 is 43.2 Å². The third kappa shape index (κ3) is 3.74. The molecule has 6 heteroatoms. The van der Waals surface area contributed by atoms with Gasteiger partial charge in [0, 0.05) is 34.2 Å². The average molecular weight is 283 g/mol. The van der Waals surface area contributed by atoms with E-state index in [1.165, 1.54) is 11.3 Å². The average Bonchev–Trinajstić information content (AvgIpc) is 2.47. The molecule has 0 fully saturated rings. The highest BCUT2D eigenvalue weighted by Gasteiger charge is 2.06. The Morgan fingerprint density at radius 3 is 3.00 bits per heavy atom. The molecule has 0 spiro atoms. The van der Waals surface area contributed by atoms with Crippen molar-refractivity contribution in [3.63, 3.8) is 0 Å². The van der Waals surface area contributed by atoms with Gasteiger partial charge in [0.25, 0.3) is 0 Å². The van der Waals surface area contributed by atoms with Gasteiger partial charge in [-0.25, -0.2) is 4.98 Å². The van der Waals surface area contributed by atoms with Gasteiger partial charge in [-0.15, -0.1) is 11.3 Å². The van der Waals surface area contributed by atoms with E-state index in [0.717, 1.165) is 9.73 Å². The second-order valence-corrected chi connectivity index (χ2v) is 6.14. The first-order valence-corrected chi connectivity index (χ1v) is 7.06. The molecule has 0 saturated heterocycles. The van der Waals surface area contributed by atoms with Gasteiger partial charge in [0.05, 0.1) is 0 Å². The number of aromatic nitrogens is 1. The van der Waals surface area contributed by atoms with Crippen LogP contribution in [0.15, 0.2) is 9.98 Å². The van der Waals surface area contributed by atoms with Crippen LogP contribution in [0.5, 0.6) is 0 Å². The SMILES string of the molecule is CC(CNc1nc(Br)cs1)S(C)=O. The van der Waals surface area contributed by atoms with E-state index in [9.17, 15) is 4.21 Å². The van der Waals surface area contributed by atoms with E-state index in [-0.39, 0.29) is 5.25 Å². The molecule has 1 aromatic rings. The Morgan fingerprint density at radius 2 is 2.54 bits per heavy atom. The molecule has 0 aliphatic heterocycles. The van der Waals surface area contributed by atoms with Gasteiger partial charge in [-0.2, -0.15) is 0 Å². The van der Waals surface area contributed by atoms with E-state index in [1.54, 1.807) is 6.26 Å². The largest absolute Gasteiger partial charge is 0.360 e. The number of halogens is 1. The fraction of sp³-hybridized carbons (Fsp3) is 0.571. The summed E-state index contributed by atoms with van der Waals surface area (Å²) in [4.78, 5) is 4.17. The molecule has 1 rings (SSSR count). The molecule has 3 nitrogen and oxygen atoms in total. The maximum Gasteiger partial charge on any atom is 0.183 e. The van der Waals surface area contributed by atoms with Gasteiger partial charge in [-0.1, -0.05) is 0 Å². The highest BCUT2D eigenvalue weighted by atomic mass is 79.9. The van der Waals surface area contributed by atoms with E-state index in [1.807, 2.05) is 12.3 Å². The minimum Gasteiger partial charge on any atom is -0.360 e. The molecule has 1 heterocycles. The van der Waals surface area contributed by atoms with Crippen LogP contribution in [-0.4, -0.2) is 27.2 Å². The molecule has 1 N–H and O–H groups in total. The summed E-state index contributed by atoms with van der Waals surface area (Å²) in [6.45, 7) is 2.65. The second-order valence-electron chi connectivity index (χ2n) is 2.67. The molecular formula is C7H11BrN2OS2. The Balaban J connectivity index is 2.39. The summed E-state index contributed by atoms with van der Waals surface area (Å²) in [7, 11) is -0.775. The molecule has 0 radical (unpaired) electrons. The predicted octanol–water partition coefficient (Wildman–Crippen LogP) is 2.08. The van der Waals surface area contributed by atoms with Gasteiger partial charge in [0.15, 0.2) is 5.13 Å². The summed E-state index contributed by atoms with van der Waals surface area (Å²) in [5.74, 6) is 0. The van der Waals surface area contributed by atoms with Gasteiger partial charge in [-0.3, -0.25) is 4.21 Å². The lowest BCUT2D eigenvalue weighted by atomic mass is 10.5. The fourth-order valence-corrected chi connectivity index (χ4v) is 2.16. The highest BCUT2D eigenvalue weighted by Crippen LogP contribution is 2.19. The summed E-state index contributed by atoms with van der Waals surface area (Å²) >= 11 is 4.80. The Morgan fingerprint density at radius 1 is 1.85 bits per heavy atom. The maximum atomic E-state index is 11.0. The first-order chi connectivity index (χ1) is 6.09. The normalized spacial score (nSPS) is 15.3. The number of rotatable bonds is 4. The zero-order chi connectivity index (χ0) is 9.84. The summed E-state index contributed by atoms with van der Waals surface area (Å²) in [5.41, 5.74) is 0. The minimum absolute atomic E-state index is 0.155. The predicted molar refractivity (Wildman–Crippen MR) is 61.8 cm³/mol. The third-order valence-electron chi connectivity index (χ3n) is 1.58. The van der Waals surface area contributed by atoms with E-state index in [4.69, 9.17) is 0 Å². The van der Waals surface area contributed by atoms with Gasteiger partial charge in [-0.05, 0) is 22.9 Å². The van der Waals surface area contributed by atoms with Gasteiger partial charge in [0.1, 0.15) is 4.60 Å². The van der Waals surface area contributed by atoms with Crippen LogP contribution in [0.2, 0.25) is 0 Å². The Bertz CT molecular complexity index is 302. The number of anilines is 1. The molecule has 2 atom stereocenters. The number of hydrogen-bond acceptors (Lipinski definition) is 4. The monoisotopic (exact) mass is 282 g/mol. The van der Waals surface area contributed by atoms with E-state index >= 15 is 0 Å². The van der Waals surface area contributed by atoms with Crippen LogP contribution < -0.4 is 5.32 Å². The van der Waals surface area contributed by atoms with Crippen molar-refractivity contribution in [1.82, 2.24) is 4.98 Å². The van der Waals surface area contributed by atoms with Crippen molar-refractivity contribution in [1.29, 1.82) is 0 Å². The number of nitrogens with one attached hydrogen (secondary N) is 1. The van der Waals surface area contributed by atoms with Gasteiger partial charge in [0.2, 0.25) is 0 Å². The molecule has 13 heavy (non-hydrogen) atoms. The zero-order valence-electron chi connectivity index (χ0n) is 7.41. The lowest BCUT2D eigenvalue weighted by Gasteiger charge is -2.07. The standard InChI is InChI=1S/C7H11BrN2OS2/c1-5(13(2)11)3-9-7-10-6(8)4-12-7/h4-5H,3H2,1-2H3,(H,9,10). The van der Waals surface area contributed by atoms with Crippen LogP contribution in [0.25, 0.3) is 0 Å². The molecule has 0 aromatic carbocycles. The molecular weight excluding hydrogens is 272 g/mol. The molecule has 0 bridgehead atoms. The quantitative estimate of drug-likeness (QED) is 0.920. The molecule has 1 aromatic heterocycles. The molecule has 0 aliphatic rings. The van der Waals surface area contributed by atoms with Crippen molar-refractivity contribution in [3.8, 4) is 0 Å². The summed E-state index contributed by atoms with van der Waals surface area (Å²) in [6, 6.07) is 0. The van der Waals surface area contributed by atoms with Crippen molar-refractivity contribution in [2.45, 2.75) is 12.2 Å². The van der Waals surface area contributed by atoms with Crippen molar-refractivity contribution < 1.29 is 4.21 Å². The van der Waals surface area contributed by atoms with Crippen molar-refractivity contribution in [2.24, 2.45) is 0 Å². The van der Waals surface area contributed by atoms with Crippen molar-refractivity contribution in [3.05, 3.63) is 9.98 Å². The first kappa shape index (κ1) is 11.1. The zero-order valence-corrected chi connectivity index (χ0v) is 10.6. The Kier molecular flexibility index (Phi) is 4.34. The summed E-state index contributed by atoms with van der Waals surface area (Å²) in [5, 5.41) is 6.06. The highest BCUT2D eigenvalue weighted by molar-refractivity contribution is 9.10. The van der Waals surface area contributed by atoms with Crippen LogP contribution in [0.1, 0.15) is 6.92 Å². The van der Waals surface area contributed by atoms with E-state index < -0.39 is 10.8 Å². The molecule has 2 unspecified atom stereocenters. The number of thiazole rings is 1. The van der Waals surface area contributed by atoms with Gasteiger partial charge >= 0.3 is 0 Å². The maximum absolute atomic E-state index is 11.0. The Labute approximate surface area is 92.5 Å². The Hall–Kier alpha value is 0.0600. The molecule has 74 valence electrons. The number of nitrogens with zero attached hydrogens (tertiary/aromatic N) is 1. The first-order valence-electron chi connectivity index (χ1n) is 3.76. The lowest BCUT2D eigenvalue weighted by molar-refractivity contribution is 0.679. The second kappa shape index (κ2) is 5.07. The summed E-state index contributed by atoms with van der Waals surface area (Å²) in [6.07, 6.45) is 1.71. The third-order valence-corrected chi connectivity index (χ3v) is 4.39. The fourth-order valence-electron chi connectivity index (χ4n) is 0.684. The van der Waals surface area contributed by atoms with E-state index in [2.05, 4.69) is 26.2 Å². The van der Waals surface area contributed by atoms with Crippen LogP contribution in [0, 0.1) is 0 Å². The number of hydrogen-bond donors (Lipinski definition) is 1. The van der Waals surface area contributed by atoms with E-state index in [0.29, 0.717) is 6.54 Å². The van der Waals surface area contributed by atoms with Crippen LogP contribution in [-0.2, 0) is 10.8 Å². The molecule has 0 aliphatic carbocycles. The summed E-state index contributed by atoms with van der Waals surface area (Å²) < 4.78 is 11.9. The molecule has 0 amide bonds. The minimum atomic E-state index is -0.775. The topological polar surface area (TPSA) is 42.0 Å². The van der Waals surface area contributed by atoms with Gasteiger partial charge < -0.3 is 5.32 Å². The van der Waals surface area contributed by atoms with Crippen LogP contribution in [0.4, 0.5) is 5.13 Å².